The fourth-order valence-electron chi connectivity index (χ4n) is 2.98. The molecule has 0 aliphatic heterocycles. The summed E-state index contributed by atoms with van der Waals surface area (Å²) < 4.78 is 20.3. The number of hydrogen-bond acceptors (Lipinski definition) is 3. The first-order chi connectivity index (χ1) is 12.4. The van der Waals surface area contributed by atoms with E-state index in [1.165, 1.54) is 24.3 Å². The summed E-state index contributed by atoms with van der Waals surface area (Å²) in [5.41, 5.74) is 3.19. The topological polar surface area (TPSA) is 67.0 Å². The molecule has 1 N–H and O–H groups in total. The number of aryl methyl sites for hydroxylation is 1. The number of nitrogens with zero attached hydrogens (tertiary/aromatic N) is 2. The first-order valence-corrected chi connectivity index (χ1v) is 8.23. The summed E-state index contributed by atoms with van der Waals surface area (Å²) in [6.07, 6.45) is 1.57. The molecular formula is C20H22FN3O2. The number of anilines is 1. The number of aromatic nitrogens is 1. The van der Waals surface area contributed by atoms with Gasteiger partial charge in [-0.15, -0.1) is 0 Å². The van der Waals surface area contributed by atoms with Gasteiger partial charge in [-0.1, -0.05) is 0 Å². The highest BCUT2D eigenvalue weighted by atomic mass is 19.1. The van der Waals surface area contributed by atoms with Crippen molar-refractivity contribution in [2.75, 3.05) is 19.0 Å². The smallest absolute Gasteiger partial charge is 0.266 e. The zero-order chi connectivity index (χ0) is 19.3. The van der Waals surface area contributed by atoms with E-state index in [4.69, 9.17) is 4.74 Å². The van der Waals surface area contributed by atoms with Crippen molar-refractivity contribution in [3.63, 3.8) is 0 Å². The van der Waals surface area contributed by atoms with Crippen LogP contribution in [0.1, 0.15) is 29.9 Å². The van der Waals surface area contributed by atoms with Crippen LogP contribution in [0.4, 0.5) is 10.1 Å². The predicted molar refractivity (Wildman–Crippen MR) is 99.1 cm³/mol. The number of nitriles is 1. The molecular weight excluding hydrogens is 333 g/mol. The lowest BCUT2D eigenvalue weighted by Gasteiger charge is -2.17. The molecule has 0 saturated carbocycles. The van der Waals surface area contributed by atoms with Crippen molar-refractivity contribution in [3.05, 3.63) is 58.7 Å². The normalized spacial score (nSPS) is 12.5. The molecule has 0 radical (unpaired) electrons. The standard InChI is InChI=1S/C20H22FN3O2/c1-13-9-16(15(3)24(13)14(2)12-26-4)10-17(11-22)20(25)23-19-7-5-18(21)6-8-19/h5-10,14H,12H2,1-4H3,(H,23,25)/b17-10-. The number of ether oxygens (including phenoxy) is 1. The SMILES string of the molecule is COCC(C)n1c(C)cc(/C=C(/C#N)C(=O)Nc2ccc(F)cc2)c1C. The zero-order valence-corrected chi connectivity index (χ0v) is 15.3. The maximum absolute atomic E-state index is 13.0. The molecule has 26 heavy (non-hydrogen) atoms. The maximum atomic E-state index is 13.0. The molecule has 1 aromatic carbocycles. The Balaban J connectivity index is 2.28. The number of hydrogen-bond donors (Lipinski definition) is 1. The number of carbonyl (C=O) groups is 1. The highest BCUT2D eigenvalue weighted by Crippen LogP contribution is 2.23. The Kier molecular flexibility index (Phi) is 6.31. The van der Waals surface area contributed by atoms with Gasteiger partial charge >= 0.3 is 0 Å². The number of methoxy groups -OCH3 is 1. The molecule has 1 unspecified atom stereocenters. The summed E-state index contributed by atoms with van der Waals surface area (Å²) in [5.74, 6) is -0.925. The van der Waals surface area contributed by atoms with Gasteiger partial charge in [0.15, 0.2) is 0 Å². The molecule has 0 fully saturated rings. The van der Waals surface area contributed by atoms with Crippen LogP contribution in [0.2, 0.25) is 0 Å². The molecule has 1 heterocycles. The molecule has 136 valence electrons. The van der Waals surface area contributed by atoms with Crippen molar-refractivity contribution in [2.24, 2.45) is 0 Å². The Labute approximate surface area is 152 Å². The molecule has 6 heteroatoms. The van der Waals surface area contributed by atoms with E-state index in [0.29, 0.717) is 12.3 Å². The number of carbonyl (C=O) groups excluding carboxylic acids is 1. The molecule has 0 spiro atoms. The lowest BCUT2D eigenvalue weighted by Crippen LogP contribution is -2.14. The minimum Gasteiger partial charge on any atom is -0.383 e. The molecule has 1 amide bonds. The largest absolute Gasteiger partial charge is 0.383 e. The molecule has 2 rings (SSSR count). The molecule has 0 saturated heterocycles. The minimum atomic E-state index is -0.533. The Hall–Kier alpha value is -2.91. The second-order valence-corrected chi connectivity index (χ2v) is 6.13. The van der Waals surface area contributed by atoms with Gasteiger partial charge < -0.3 is 14.6 Å². The summed E-state index contributed by atoms with van der Waals surface area (Å²) in [4.78, 5) is 12.3. The first-order valence-electron chi connectivity index (χ1n) is 8.23. The van der Waals surface area contributed by atoms with E-state index >= 15 is 0 Å². The Bertz CT molecular complexity index is 860. The summed E-state index contributed by atoms with van der Waals surface area (Å²) in [6.45, 7) is 6.53. The fraction of sp³-hybridized carbons (Fsp3) is 0.300. The quantitative estimate of drug-likeness (QED) is 0.629. The van der Waals surface area contributed by atoms with Crippen molar-refractivity contribution in [2.45, 2.75) is 26.8 Å². The van der Waals surface area contributed by atoms with Gasteiger partial charge in [-0.2, -0.15) is 5.26 Å². The second kappa shape index (κ2) is 8.45. The predicted octanol–water partition coefficient (Wildman–Crippen LogP) is 4.00. The fourth-order valence-corrected chi connectivity index (χ4v) is 2.98. The Morgan fingerprint density at radius 2 is 2.04 bits per heavy atom. The van der Waals surface area contributed by atoms with Crippen LogP contribution < -0.4 is 5.32 Å². The van der Waals surface area contributed by atoms with Crippen LogP contribution in [0.15, 0.2) is 35.9 Å². The minimum absolute atomic E-state index is 0.0195. The van der Waals surface area contributed by atoms with Crippen LogP contribution in [0.3, 0.4) is 0 Å². The maximum Gasteiger partial charge on any atom is 0.266 e. The van der Waals surface area contributed by atoms with Crippen LogP contribution >= 0.6 is 0 Å². The monoisotopic (exact) mass is 355 g/mol. The van der Waals surface area contributed by atoms with Gasteiger partial charge in [0.25, 0.3) is 5.91 Å². The number of amides is 1. The van der Waals surface area contributed by atoms with Crippen LogP contribution in [-0.4, -0.2) is 24.2 Å². The molecule has 2 aromatic rings. The second-order valence-electron chi connectivity index (χ2n) is 6.13. The zero-order valence-electron chi connectivity index (χ0n) is 15.3. The number of nitrogens with one attached hydrogen (secondary N) is 1. The highest BCUT2D eigenvalue weighted by Gasteiger charge is 2.16. The molecule has 1 atom stereocenters. The van der Waals surface area contributed by atoms with Gasteiger partial charge in [0.05, 0.1) is 12.6 Å². The molecule has 1 aromatic heterocycles. The van der Waals surface area contributed by atoms with Gasteiger partial charge in [0, 0.05) is 24.2 Å². The van der Waals surface area contributed by atoms with Crippen molar-refractivity contribution < 1.29 is 13.9 Å². The summed E-state index contributed by atoms with van der Waals surface area (Å²) >= 11 is 0. The first kappa shape index (κ1) is 19.4. The Morgan fingerprint density at radius 1 is 1.38 bits per heavy atom. The van der Waals surface area contributed by atoms with Crippen LogP contribution in [0.5, 0.6) is 0 Å². The van der Waals surface area contributed by atoms with Crippen molar-refractivity contribution >= 4 is 17.7 Å². The number of halogens is 1. The summed E-state index contributed by atoms with van der Waals surface area (Å²) in [6, 6.07) is 9.39. The van der Waals surface area contributed by atoms with Crippen LogP contribution in [-0.2, 0) is 9.53 Å². The van der Waals surface area contributed by atoms with Crippen molar-refractivity contribution in [1.29, 1.82) is 5.26 Å². The van der Waals surface area contributed by atoms with Gasteiger partial charge in [-0.05, 0) is 62.7 Å². The third kappa shape index (κ3) is 4.38. The van der Waals surface area contributed by atoms with Gasteiger partial charge in [0.1, 0.15) is 17.5 Å². The average Bonchev–Trinajstić information content (AvgIpc) is 2.88. The lowest BCUT2D eigenvalue weighted by molar-refractivity contribution is -0.112. The molecule has 0 aliphatic rings. The summed E-state index contributed by atoms with van der Waals surface area (Å²) in [7, 11) is 1.65. The number of benzene rings is 1. The van der Waals surface area contributed by atoms with Gasteiger partial charge in [0.2, 0.25) is 0 Å². The van der Waals surface area contributed by atoms with E-state index in [1.807, 2.05) is 32.9 Å². The van der Waals surface area contributed by atoms with E-state index in [1.54, 1.807) is 13.2 Å². The molecule has 0 aliphatic carbocycles. The van der Waals surface area contributed by atoms with E-state index in [2.05, 4.69) is 9.88 Å². The average molecular weight is 355 g/mol. The van der Waals surface area contributed by atoms with Crippen molar-refractivity contribution in [3.8, 4) is 6.07 Å². The van der Waals surface area contributed by atoms with E-state index in [-0.39, 0.29) is 11.6 Å². The summed E-state index contributed by atoms with van der Waals surface area (Å²) in [5, 5.41) is 12.0. The van der Waals surface area contributed by atoms with E-state index in [9.17, 15) is 14.4 Å². The van der Waals surface area contributed by atoms with Gasteiger partial charge in [-0.25, -0.2) is 4.39 Å². The number of rotatable bonds is 6. The van der Waals surface area contributed by atoms with Crippen LogP contribution in [0.25, 0.3) is 6.08 Å². The van der Waals surface area contributed by atoms with Gasteiger partial charge in [-0.3, -0.25) is 4.79 Å². The van der Waals surface area contributed by atoms with E-state index < -0.39 is 11.7 Å². The molecule has 0 bridgehead atoms. The third-order valence-electron chi connectivity index (χ3n) is 4.14. The Morgan fingerprint density at radius 3 is 2.62 bits per heavy atom. The van der Waals surface area contributed by atoms with Crippen molar-refractivity contribution in [1.82, 2.24) is 4.57 Å². The van der Waals surface area contributed by atoms with Crippen LogP contribution in [0, 0.1) is 31.0 Å². The lowest BCUT2D eigenvalue weighted by atomic mass is 10.1. The highest BCUT2D eigenvalue weighted by molar-refractivity contribution is 6.09. The molecule has 5 nitrogen and oxygen atoms in total. The van der Waals surface area contributed by atoms with E-state index in [0.717, 1.165) is 17.0 Å². The third-order valence-corrected chi connectivity index (χ3v) is 4.14.